The van der Waals surface area contributed by atoms with Gasteiger partial charge in [0.15, 0.2) is 0 Å². The van der Waals surface area contributed by atoms with Crippen LogP contribution in [-0.4, -0.2) is 41.4 Å². The molecule has 1 saturated carbocycles. The molecule has 0 bridgehead atoms. The molecule has 1 aromatic carbocycles. The minimum absolute atomic E-state index is 0.00333. The van der Waals surface area contributed by atoms with Gasteiger partial charge in [0.1, 0.15) is 0 Å². The van der Waals surface area contributed by atoms with Crippen molar-refractivity contribution in [3.8, 4) is 0 Å². The van der Waals surface area contributed by atoms with Crippen LogP contribution in [0.1, 0.15) is 74.7 Å². The molecule has 5 nitrogen and oxygen atoms in total. The maximum absolute atomic E-state index is 12.7. The van der Waals surface area contributed by atoms with Crippen molar-refractivity contribution < 1.29 is 9.59 Å². The van der Waals surface area contributed by atoms with Gasteiger partial charge in [-0.2, -0.15) is 0 Å². The van der Waals surface area contributed by atoms with Crippen molar-refractivity contribution in [2.45, 2.75) is 83.8 Å². The average molecular weight is 372 g/mol. The van der Waals surface area contributed by atoms with Crippen LogP contribution < -0.4 is 10.6 Å². The van der Waals surface area contributed by atoms with E-state index in [1.807, 2.05) is 30.0 Å². The molecular formula is C22H33N3O2. The summed E-state index contributed by atoms with van der Waals surface area (Å²) >= 11 is 0. The molecule has 1 aliphatic carbocycles. The second kappa shape index (κ2) is 8.77. The maximum atomic E-state index is 12.7. The smallest absolute Gasteiger partial charge is 0.251 e. The fourth-order valence-electron chi connectivity index (χ4n) is 4.52. The zero-order chi connectivity index (χ0) is 19.4. The predicted molar refractivity (Wildman–Crippen MR) is 109 cm³/mol. The van der Waals surface area contributed by atoms with Crippen LogP contribution in [0.25, 0.3) is 0 Å². The molecule has 1 aromatic rings. The summed E-state index contributed by atoms with van der Waals surface area (Å²) in [6.07, 6.45) is 7.94. The summed E-state index contributed by atoms with van der Waals surface area (Å²) in [6.45, 7) is 6.54. The lowest BCUT2D eigenvalue weighted by Gasteiger charge is -2.39. The molecule has 2 amide bonds. The third kappa shape index (κ3) is 4.82. The lowest BCUT2D eigenvalue weighted by Crippen LogP contribution is -2.49. The highest BCUT2D eigenvalue weighted by molar-refractivity contribution is 5.95. The summed E-state index contributed by atoms with van der Waals surface area (Å²) < 4.78 is 0. The third-order valence-electron chi connectivity index (χ3n) is 6.09. The summed E-state index contributed by atoms with van der Waals surface area (Å²) in [5.74, 6) is 0.153. The van der Waals surface area contributed by atoms with E-state index in [9.17, 15) is 9.59 Å². The van der Waals surface area contributed by atoms with Gasteiger partial charge in [-0.05, 0) is 76.6 Å². The topological polar surface area (TPSA) is 61.4 Å². The molecule has 1 heterocycles. The quantitative estimate of drug-likeness (QED) is 0.826. The molecule has 0 aromatic heterocycles. The minimum atomic E-state index is 0.00333. The molecule has 5 heteroatoms. The summed E-state index contributed by atoms with van der Waals surface area (Å²) in [6, 6.07) is 6.60. The van der Waals surface area contributed by atoms with E-state index in [-0.39, 0.29) is 11.8 Å². The van der Waals surface area contributed by atoms with Crippen LogP contribution in [0.15, 0.2) is 18.2 Å². The van der Waals surface area contributed by atoms with Gasteiger partial charge >= 0.3 is 0 Å². The van der Waals surface area contributed by atoms with Crippen molar-refractivity contribution in [1.82, 2.24) is 10.2 Å². The standard InChI is InChI=1S/C22H33N3O2/c1-15-13-18(22(27)24-19-9-4-5-10-19)11-12-20(15)23-14-21(26)25-16(2)7-6-8-17(25)3/h11-13,16-17,19,23H,4-10,14H2,1-3H3,(H,24,27)/t16-,17+. The number of hydrogen-bond acceptors (Lipinski definition) is 3. The third-order valence-corrected chi connectivity index (χ3v) is 6.09. The summed E-state index contributed by atoms with van der Waals surface area (Å²) in [7, 11) is 0. The number of rotatable bonds is 5. The van der Waals surface area contributed by atoms with Crippen molar-refractivity contribution in [3.63, 3.8) is 0 Å². The first-order valence-corrected chi connectivity index (χ1v) is 10.4. The molecule has 2 N–H and O–H groups in total. The Balaban J connectivity index is 1.57. The second-order valence-electron chi connectivity index (χ2n) is 8.27. The van der Waals surface area contributed by atoms with E-state index in [2.05, 4.69) is 24.5 Å². The van der Waals surface area contributed by atoms with Crippen LogP contribution >= 0.6 is 0 Å². The Morgan fingerprint density at radius 2 is 1.70 bits per heavy atom. The monoisotopic (exact) mass is 371 g/mol. The van der Waals surface area contributed by atoms with Gasteiger partial charge in [-0.25, -0.2) is 0 Å². The van der Waals surface area contributed by atoms with Crippen molar-refractivity contribution >= 4 is 17.5 Å². The lowest BCUT2D eigenvalue weighted by atomic mass is 9.97. The van der Waals surface area contributed by atoms with E-state index < -0.39 is 0 Å². The lowest BCUT2D eigenvalue weighted by molar-refractivity contribution is -0.135. The van der Waals surface area contributed by atoms with E-state index >= 15 is 0 Å². The van der Waals surface area contributed by atoms with Crippen LogP contribution in [0.5, 0.6) is 0 Å². The van der Waals surface area contributed by atoms with Crippen molar-refractivity contribution in [2.75, 3.05) is 11.9 Å². The Morgan fingerprint density at radius 1 is 1.04 bits per heavy atom. The fraction of sp³-hybridized carbons (Fsp3) is 0.636. The van der Waals surface area contributed by atoms with Gasteiger partial charge in [0.2, 0.25) is 5.91 Å². The number of benzene rings is 1. The molecule has 0 radical (unpaired) electrons. The molecule has 0 unspecified atom stereocenters. The maximum Gasteiger partial charge on any atom is 0.251 e. The van der Waals surface area contributed by atoms with Gasteiger partial charge in [-0.3, -0.25) is 9.59 Å². The van der Waals surface area contributed by atoms with Gasteiger partial charge in [0.25, 0.3) is 5.91 Å². The highest BCUT2D eigenvalue weighted by atomic mass is 16.2. The summed E-state index contributed by atoms with van der Waals surface area (Å²) in [5.41, 5.74) is 2.59. The number of aryl methyl sites for hydroxylation is 1. The fourth-order valence-corrected chi connectivity index (χ4v) is 4.52. The second-order valence-corrected chi connectivity index (χ2v) is 8.27. The van der Waals surface area contributed by atoms with E-state index in [4.69, 9.17) is 0 Å². The zero-order valence-corrected chi connectivity index (χ0v) is 16.9. The van der Waals surface area contributed by atoms with Crippen LogP contribution in [-0.2, 0) is 4.79 Å². The van der Waals surface area contributed by atoms with Gasteiger partial charge in [-0.1, -0.05) is 12.8 Å². The van der Waals surface area contributed by atoms with E-state index in [1.165, 1.54) is 19.3 Å². The molecule has 1 saturated heterocycles. The molecule has 2 fully saturated rings. The molecule has 2 aliphatic rings. The van der Waals surface area contributed by atoms with E-state index in [1.54, 1.807) is 0 Å². The molecular weight excluding hydrogens is 338 g/mol. The van der Waals surface area contributed by atoms with Crippen LogP contribution in [0.3, 0.4) is 0 Å². The summed E-state index contributed by atoms with van der Waals surface area (Å²) in [4.78, 5) is 27.1. The largest absolute Gasteiger partial charge is 0.376 e. The van der Waals surface area contributed by atoms with Gasteiger partial charge in [-0.15, -0.1) is 0 Å². The molecule has 2 atom stereocenters. The van der Waals surface area contributed by atoms with Gasteiger partial charge < -0.3 is 15.5 Å². The number of piperidine rings is 1. The van der Waals surface area contributed by atoms with Crippen molar-refractivity contribution in [3.05, 3.63) is 29.3 Å². The van der Waals surface area contributed by atoms with Gasteiger partial charge in [0, 0.05) is 29.4 Å². The van der Waals surface area contributed by atoms with Crippen LogP contribution in [0.4, 0.5) is 5.69 Å². The van der Waals surface area contributed by atoms with Gasteiger partial charge in [0.05, 0.1) is 6.54 Å². The average Bonchev–Trinajstić information content (AvgIpc) is 3.13. The number of carbonyl (C=O) groups excluding carboxylic acids is 2. The minimum Gasteiger partial charge on any atom is -0.376 e. The molecule has 1 aliphatic heterocycles. The SMILES string of the molecule is Cc1cc(C(=O)NC2CCCC2)ccc1NCC(=O)N1[C@H](C)CCC[C@@H]1C. The molecule has 148 valence electrons. The number of carbonyl (C=O) groups is 2. The number of nitrogens with zero attached hydrogens (tertiary/aromatic N) is 1. The first-order chi connectivity index (χ1) is 13.0. The normalized spacial score (nSPS) is 23.3. The van der Waals surface area contributed by atoms with E-state index in [0.717, 1.165) is 36.9 Å². The van der Waals surface area contributed by atoms with E-state index in [0.29, 0.717) is 30.2 Å². The Labute approximate surface area is 162 Å². The van der Waals surface area contributed by atoms with Crippen molar-refractivity contribution in [2.24, 2.45) is 0 Å². The number of nitrogens with one attached hydrogen (secondary N) is 2. The number of likely N-dealkylation sites (tertiary alicyclic amines) is 1. The molecule has 3 rings (SSSR count). The Kier molecular flexibility index (Phi) is 6.40. The Bertz CT molecular complexity index is 672. The zero-order valence-electron chi connectivity index (χ0n) is 16.9. The highest BCUT2D eigenvalue weighted by Crippen LogP contribution is 2.23. The number of amides is 2. The Morgan fingerprint density at radius 3 is 2.33 bits per heavy atom. The first-order valence-electron chi connectivity index (χ1n) is 10.4. The predicted octanol–water partition coefficient (Wildman–Crippen LogP) is 3.87. The summed E-state index contributed by atoms with van der Waals surface area (Å²) in [5, 5.41) is 6.39. The molecule has 0 spiro atoms. The van der Waals surface area contributed by atoms with Crippen molar-refractivity contribution in [1.29, 1.82) is 0 Å². The first kappa shape index (κ1) is 19.7. The molecule has 27 heavy (non-hydrogen) atoms. The number of anilines is 1. The van der Waals surface area contributed by atoms with Crippen LogP contribution in [0.2, 0.25) is 0 Å². The Hall–Kier alpha value is -2.04. The highest BCUT2D eigenvalue weighted by Gasteiger charge is 2.28. The van der Waals surface area contributed by atoms with Crippen LogP contribution in [0, 0.1) is 6.92 Å². The number of hydrogen-bond donors (Lipinski definition) is 2.